The number of nitrogens with one attached hydrogen (secondary N) is 1. The molecule has 0 spiro atoms. The van der Waals surface area contributed by atoms with Crippen LogP contribution in [-0.2, 0) is 0 Å². The number of anilines is 1. The summed E-state index contributed by atoms with van der Waals surface area (Å²) in [5, 5.41) is 5.12. The van der Waals surface area contributed by atoms with Crippen molar-refractivity contribution >= 4 is 40.4 Å². The van der Waals surface area contributed by atoms with E-state index in [9.17, 15) is 0 Å². The van der Waals surface area contributed by atoms with Crippen molar-refractivity contribution in [2.45, 2.75) is 5.25 Å². The topological polar surface area (TPSA) is 37.8 Å². The van der Waals surface area contributed by atoms with Crippen molar-refractivity contribution in [3.63, 3.8) is 0 Å². The van der Waals surface area contributed by atoms with Gasteiger partial charge in [0.15, 0.2) is 0 Å². The summed E-state index contributed by atoms with van der Waals surface area (Å²) in [6, 6.07) is 8.07. The summed E-state index contributed by atoms with van der Waals surface area (Å²) in [4.78, 5) is 8.87. The normalized spacial score (nSPS) is 19.9. The summed E-state index contributed by atoms with van der Waals surface area (Å²) in [5.41, 5.74) is 1.00. The highest BCUT2D eigenvalue weighted by Crippen LogP contribution is 2.24. The van der Waals surface area contributed by atoms with E-state index >= 15 is 0 Å². The van der Waals surface area contributed by atoms with Crippen molar-refractivity contribution in [1.29, 1.82) is 0 Å². The molecule has 0 amide bonds. The summed E-state index contributed by atoms with van der Waals surface area (Å²) >= 11 is 4.09. The van der Waals surface area contributed by atoms with Gasteiger partial charge in [-0.05, 0) is 6.07 Å². The molecule has 1 aromatic heterocycles. The highest BCUT2D eigenvalue weighted by atomic mass is 32.2. The smallest absolute Gasteiger partial charge is 0.223 e. The van der Waals surface area contributed by atoms with E-state index in [-0.39, 0.29) is 0 Å². The van der Waals surface area contributed by atoms with Crippen molar-refractivity contribution in [2.75, 3.05) is 29.1 Å². The van der Waals surface area contributed by atoms with E-state index in [0.29, 0.717) is 5.25 Å². The summed E-state index contributed by atoms with van der Waals surface area (Å²) in [7, 11) is 0. The molecule has 0 saturated carbocycles. The number of benzene rings is 1. The Hall–Kier alpha value is -0.940. The van der Waals surface area contributed by atoms with Gasteiger partial charge in [0, 0.05) is 40.6 Å². The number of aromatic nitrogens is 2. The SMILES string of the molecule is c1ccc2nc(NCC3CSCCS3)ncc2c1. The number of fused-ring (bicyclic) bond motifs is 1. The maximum Gasteiger partial charge on any atom is 0.223 e. The van der Waals surface area contributed by atoms with E-state index in [1.807, 2.05) is 54.0 Å². The number of rotatable bonds is 3. The second kappa shape index (κ2) is 5.80. The average molecular weight is 277 g/mol. The molecule has 18 heavy (non-hydrogen) atoms. The van der Waals surface area contributed by atoms with Crippen LogP contribution in [0.4, 0.5) is 5.95 Å². The van der Waals surface area contributed by atoms with Crippen LogP contribution in [0.1, 0.15) is 0 Å². The molecule has 94 valence electrons. The Morgan fingerprint density at radius 3 is 3.11 bits per heavy atom. The summed E-state index contributed by atoms with van der Waals surface area (Å²) in [6.45, 7) is 0.954. The highest BCUT2D eigenvalue weighted by molar-refractivity contribution is 8.06. The van der Waals surface area contributed by atoms with Gasteiger partial charge in [-0.1, -0.05) is 18.2 Å². The molecule has 2 heterocycles. The van der Waals surface area contributed by atoms with Crippen molar-refractivity contribution in [2.24, 2.45) is 0 Å². The number of thioether (sulfide) groups is 2. The Kier molecular flexibility index (Phi) is 3.90. The van der Waals surface area contributed by atoms with E-state index in [4.69, 9.17) is 0 Å². The molecule has 1 aliphatic heterocycles. The Morgan fingerprint density at radius 2 is 2.22 bits per heavy atom. The molecule has 1 unspecified atom stereocenters. The molecule has 1 saturated heterocycles. The molecular formula is C13H15N3S2. The van der Waals surface area contributed by atoms with Crippen LogP contribution < -0.4 is 5.32 Å². The first-order chi connectivity index (χ1) is 8.92. The lowest BCUT2D eigenvalue weighted by Crippen LogP contribution is -2.23. The van der Waals surface area contributed by atoms with E-state index in [1.165, 1.54) is 17.3 Å². The van der Waals surface area contributed by atoms with Crippen molar-refractivity contribution in [3.8, 4) is 0 Å². The monoisotopic (exact) mass is 277 g/mol. The van der Waals surface area contributed by atoms with E-state index in [1.54, 1.807) is 0 Å². The third-order valence-electron chi connectivity index (χ3n) is 2.86. The zero-order valence-electron chi connectivity index (χ0n) is 10.0. The fourth-order valence-corrected chi connectivity index (χ4v) is 4.53. The van der Waals surface area contributed by atoms with Gasteiger partial charge in [-0.15, -0.1) is 0 Å². The minimum Gasteiger partial charge on any atom is -0.353 e. The van der Waals surface area contributed by atoms with Crippen molar-refractivity contribution < 1.29 is 0 Å². The quantitative estimate of drug-likeness (QED) is 0.934. The highest BCUT2D eigenvalue weighted by Gasteiger charge is 2.14. The van der Waals surface area contributed by atoms with Crippen molar-refractivity contribution in [1.82, 2.24) is 9.97 Å². The van der Waals surface area contributed by atoms with Gasteiger partial charge < -0.3 is 5.32 Å². The van der Waals surface area contributed by atoms with Gasteiger partial charge in [-0.25, -0.2) is 9.97 Å². The van der Waals surface area contributed by atoms with Gasteiger partial charge >= 0.3 is 0 Å². The molecule has 5 heteroatoms. The Bertz CT molecular complexity index is 526. The molecule has 0 radical (unpaired) electrons. The van der Waals surface area contributed by atoms with Crippen LogP contribution in [0.3, 0.4) is 0 Å². The molecule has 3 nitrogen and oxygen atoms in total. The standard InChI is InChI=1S/C13H15N3S2/c1-2-4-12-10(3-1)7-14-13(16-12)15-8-11-9-17-5-6-18-11/h1-4,7,11H,5-6,8-9H2,(H,14,15,16). The van der Waals surface area contributed by atoms with E-state index in [0.717, 1.165) is 23.4 Å². The van der Waals surface area contributed by atoms with Gasteiger partial charge in [0.2, 0.25) is 5.95 Å². The van der Waals surface area contributed by atoms with Crippen LogP contribution in [-0.4, -0.2) is 39.0 Å². The predicted molar refractivity (Wildman–Crippen MR) is 81.6 cm³/mol. The number of para-hydroxylation sites is 1. The summed E-state index contributed by atoms with van der Waals surface area (Å²) < 4.78 is 0. The second-order valence-electron chi connectivity index (χ2n) is 4.20. The lowest BCUT2D eigenvalue weighted by atomic mass is 10.2. The van der Waals surface area contributed by atoms with E-state index < -0.39 is 0 Å². The van der Waals surface area contributed by atoms with Crippen molar-refractivity contribution in [3.05, 3.63) is 30.5 Å². The predicted octanol–water partition coefficient (Wildman–Crippen LogP) is 2.89. The lowest BCUT2D eigenvalue weighted by Gasteiger charge is -2.21. The number of nitrogens with zero attached hydrogens (tertiary/aromatic N) is 2. The van der Waals surface area contributed by atoms with Gasteiger partial charge in [0.1, 0.15) is 0 Å². The number of hydrogen-bond acceptors (Lipinski definition) is 5. The molecule has 1 atom stereocenters. The largest absolute Gasteiger partial charge is 0.353 e. The maximum absolute atomic E-state index is 4.52. The minimum absolute atomic E-state index is 0.679. The van der Waals surface area contributed by atoms with Crippen LogP contribution in [0, 0.1) is 0 Å². The average Bonchev–Trinajstić information content (AvgIpc) is 2.46. The maximum atomic E-state index is 4.52. The lowest BCUT2D eigenvalue weighted by molar-refractivity contribution is 0.979. The second-order valence-corrected chi connectivity index (χ2v) is 6.76. The first kappa shape index (κ1) is 12.1. The fourth-order valence-electron chi connectivity index (χ4n) is 1.92. The molecule has 2 aromatic rings. The summed E-state index contributed by atoms with van der Waals surface area (Å²) in [5.74, 6) is 4.51. The third-order valence-corrected chi connectivity index (χ3v) is 5.71. The van der Waals surface area contributed by atoms with E-state index in [2.05, 4.69) is 15.3 Å². The van der Waals surface area contributed by atoms with Gasteiger partial charge in [-0.2, -0.15) is 23.5 Å². The van der Waals surface area contributed by atoms with Crippen LogP contribution in [0.15, 0.2) is 30.5 Å². The van der Waals surface area contributed by atoms with Crippen LogP contribution in [0.25, 0.3) is 10.9 Å². The first-order valence-electron chi connectivity index (χ1n) is 6.07. The van der Waals surface area contributed by atoms with Gasteiger partial charge in [0.05, 0.1) is 5.52 Å². The molecule has 3 rings (SSSR count). The third kappa shape index (κ3) is 2.90. The first-order valence-corrected chi connectivity index (χ1v) is 8.27. The number of hydrogen-bond donors (Lipinski definition) is 1. The molecule has 0 bridgehead atoms. The zero-order chi connectivity index (χ0) is 12.2. The Labute approximate surface area is 115 Å². The fraction of sp³-hybridized carbons (Fsp3) is 0.385. The Balaban J connectivity index is 1.66. The Morgan fingerprint density at radius 1 is 1.28 bits per heavy atom. The summed E-state index contributed by atoms with van der Waals surface area (Å²) in [6.07, 6.45) is 1.88. The van der Waals surface area contributed by atoms with Crippen LogP contribution in [0.2, 0.25) is 0 Å². The molecule has 1 aliphatic rings. The minimum atomic E-state index is 0.679. The molecule has 1 N–H and O–H groups in total. The zero-order valence-corrected chi connectivity index (χ0v) is 11.6. The molecule has 1 fully saturated rings. The molecular weight excluding hydrogens is 262 g/mol. The molecule has 0 aliphatic carbocycles. The van der Waals surface area contributed by atoms with Gasteiger partial charge in [0.25, 0.3) is 0 Å². The molecule has 1 aromatic carbocycles. The van der Waals surface area contributed by atoms with Gasteiger partial charge in [-0.3, -0.25) is 0 Å². The van der Waals surface area contributed by atoms with Crippen LogP contribution in [0.5, 0.6) is 0 Å². The van der Waals surface area contributed by atoms with Crippen LogP contribution >= 0.6 is 23.5 Å².